The Morgan fingerprint density at radius 3 is 2.88 bits per heavy atom. The van der Waals surface area contributed by atoms with E-state index in [1.165, 1.54) is 5.56 Å². The first kappa shape index (κ1) is 10.1. The van der Waals surface area contributed by atoms with E-state index < -0.39 is 0 Å². The average molecular weight is 279 g/mol. The maximum atomic E-state index is 5.35. The summed E-state index contributed by atoms with van der Waals surface area (Å²) in [6, 6.07) is 8.17. The van der Waals surface area contributed by atoms with Gasteiger partial charge in [-0.1, -0.05) is 33.2 Å². The van der Waals surface area contributed by atoms with Crippen LogP contribution in [0, 0.1) is 0 Å². The Morgan fingerprint density at radius 2 is 2.06 bits per heavy atom. The van der Waals surface area contributed by atoms with Gasteiger partial charge in [0.25, 0.3) is 0 Å². The van der Waals surface area contributed by atoms with Crippen molar-refractivity contribution >= 4 is 15.9 Å². The zero-order chi connectivity index (χ0) is 11.0. The summed E-state index contributed by atoms with van der Waals surface area (Å²) in [6.07, 6.45) is 0.990. The molecule has 0 fully saturated rings. The SMILES string of the molecule is Brc1ccc(-c2noc3c2CCNC3)cc1. The van der Waals surface area contributed by atoms with Crippen LogP contribution in [0.15, 0.2) is 33.3 Å². The monoisotopic (exact) mass is 278 g/mol. The lowest BCUT2D eigenvalue weighted by Crippen LogP contribution is -2.22. The Hall–Kier alpha value is -1.13. The van der Waals surface area contributed by atoms with Crippen LogP contribution in [0.1, 0.15) is 11.3 Å². The maximum absolute atomic E-state index is 5.35. The van der Waals surface area contributed by atoms with E-state index in [2.05, 4.69) is 38.5 Å². The highest BCUT2D eigenvalue weighted by Crippen LogP contribution is 2.28. The van der Waals surface area contributed by atoms with Crippen molar-refractivity contribution in [2.24, 2.45) is 0 Å². The molecule has 4 heteroatoms. The van der Waals surface area contributed by atoms with E-state index in [0.717, 1.165) is 41.0 Å². The normalized spacial score (nSPS) is 14.8. The van der Waals surface area contributed by atoms with Gasteiger partial charge in [-0.25, -0.2) is 0 Å². The first-order valence-corrected chi connectivity index (χ1v) is 6.08. The molecule has 1 N–H and O–H groups in total. The molecule has 16 heavy (non-hydrogen) atoms. The van der Waals surface area contributed by atoms with Gasteiger partial charge in [0.2, 0.25) is 0 Å². The molecule has 1 aromatic heterocycles. The summed E-state index contributed by atoms with van der Waals surface area (Å²) in [7, 11) is 0. The molecule has 82 valence electrons. The maximum Gasteiger partial charge on any atom is 0.154 e. The summed E-state index contributed by atoms with van der Waals surface area (Å²) in [5.74, 6) is 0.976. The molecule has 1 aromatic carbocycles. The molecule has 0 unspecified atom stereocenters. The van der Waals surface area contributed by atoms with E-state index >= 15 is 0 Å². The highest BCUT2D eigenvalue weighted by molar-refractivity contribution is 9.10. The van der Waals surface area contributed by atoms with Crippen molar-refractivity contribution < 1.29 is 4.52 Å². The van der Waals surface area contributed by atoms with Crippen LogP contribution in [0.3, 0.4) is 0 Å². The van der Waals surface area contributed by atoms with Gasteiger partial charge in [-0.2, -0.15) is 0 Å². The lowest BCUT2D eigenvalue weighted by atomic mass is 10.0. The van der Waals surface area contributed by atoms with Crippen molar-refractivity contribution in [3.05, 3.63) is 40.1 Å². The van der Waals surface area contributed by atoms with Crippen LogP contribution in [0.4, 0.5) is 0 Å². The summed E-state index contributed by atoms with van der Waals surface area (Å²) in [6.45, 7) is 1.79. The molecule has 0 aliphatic carbocycles. The fourth-order valence-corrected chi connectivity index (χ4v) is 2.25. The summed E-state index contributed by atoms with van der Waals surface area (Å²) < 4.78 is 6.43. The molecule has 0 saturated heterocycles. The molecule has 2 heterocycles. The molecule has 1 aliphatic heterocycles. The lowest BCUT2D eigenvalue weighted by molar-refractivity contribution is 0.367. The van der Waals surface area contributed by atoms with Crippen LogP contribution in [0.5, 0.6) is 0 Å². The number of nitrogens with one attached hydrogen (secondary N) is 1. The third kappa shape index (κ3) is 1.68. The minimum atomic E-state index is 0.791. The number of nitrogens with zero attached hydrogens (tertiary/aromatic N) is 1. The molecule has 1 aliphatic rings. The predicted octanol–water partition coefficient (Wildman–Crippen LogP) is 2.75. The standard InChI is InChI=1S/C12H11BrN2O/c13-9-3-1-8(2-4-9)12-10-5-6-14-7-11(10)16-15-12/h1-4,14H,5-7H2. The van der Waals surface area contributed by atoms with Gasteiger partial charge in [0.15, 0.2) is 5.76 Å². The van der Waals surface area contributed by atoms with E-state index in [4.69, 9.17) is 4.52 Å². The van der Waals surface area contributed by atoms with Crippen molar-refractivity contribution in [2.75, 3.05) is 6.54 Å². The van der Waals surface area contributed by atoms with E-state index in [-0.39, 0.29) is 0 Å². The summed E-state index contributed by atoms with van der Waals surface area (Å²) in [5, 5.41) is 7.44. The van der Waals surface area contributed by atoms with Gasteiger partial charge in [0.1, 0.15) is 5.69 Å². The van der Waals surface area contributed by atoms with Crippen molar-refractivity contribution in [3.63, 3.8) is 0 Å². The van der Waals surface area contributed by atoms with E-state index in [1.54, 1.807) is 0 Å². The van der Waals surface area contributed by atoms with Gasteiger partial charge >= 0.3 is 0 Å². The molecular weight excluding hydrogens is 268 g/mol. The number of hydrogen-bond donors (Lipinski definition) is 1. The lowest BCUT2D eigenvalue weighted by Gasteiger charge is -2.10. The minimum Gasteiger partial charge on any atom is -0.359 e. The largest absolute Gasteiger partial charge is 0.359 e. The summed E-state index contributed by atoms with van der Waals surface area (Å²) in [5.41, 5.74) is 3.36. The van der Waals surface area contributed by atoms with Gasteiger partial charge in [0, 0.05) is 15.6 Å². The van der Waals surface area contributed by atoms with Crippen LogP contribution < -0.4 is 5.32 Å². The molecule has 3 rings (SSSR count). The smallest absolute Gasteiger partial charge is 0.154 e. The number of benzene rings is 1. The Kier molecular flexibility index (Phi) is 2.53. The molecule has 0 amide bonds. The Balaban J connectivity index is 2.06. The first-order chi connectivity index (χ1) is 7.84. The van der Waals surface area contributed by atoms with Crippen LogP contribution in [0.2, 0.25) is 0 Å². The first-order valence-electron chi connectivity index (χ1n) is 5.28. The van der Waals surface area contributed by atoms with Gasteiger partial charge in [-0.3, -0.25) is 0 Å². The average Bonchev–Trinajstić information content (AvgIpc) is 2.74. The molecule has 3 nitrogen and oxygen atoms in total. The quantitative estimate of drug-likeness (QED) is 0.872. The van der Waals surface area contributed by atoms with E-state index in [9.17, 15) is 0 Å². The highest BCUT2D eigenvalue weighted by atomic mass is 79.9. The third-order valence-corrected chi connectivity index (χ3v) is 3.35. The zero-order valence-electron chi connectivity index (χ0n) is 8.66. The molecular formula is C12H11BrN2O. The zero-order valence-corrected chi connectivity index (χ0v) is 10.3. The number of halogens is 1. The molecule has 2 aromatic rings. The van der Waals surface area contributed by atoms with Crippen LogP contribution in [-0.4, -0.2) is 11.7 Å². The van der Waals surface area contributed by atoms with Crippen LogP contribution >= 0.6 is 15.9 Å². The fourth-order valence-electron chi connectivity index (χ4n) is 1.99. The summed E-state index contributed by atoms with van der Waals surface area (Å²) in [4.78, 5) is 0. The number of hydrogen-bond acceptors (Lipinski definition) is 3. The molecule has 0 bridgehead atoms. The van der Waals surface area contributed by atoms with Crippen molar-refractivity contribution in [1.82, 2.24) is 10.5 Å². The second-order valence-electron chi connectivity index (χ2n) is 3.87. The Bertz CT molecular complexity index is 504. The van der Waals surface area contributed by atoms with Crippen molar-refractivity contribution in [3.8, 4) is 11.3 Å². The highest BCUT2D eigenvalue weighted by Gasteiger charge is 2.19. The molecule has 0 spiro atoms. The van der Waals surface area contributed by atoms with Gasteiger partial charge in [0.05, 0.1) is 6.54 Å². The number of aromatic nitrogens is 1. The molecule has 0 radical (unpaired) electrons. The fraction of sp³-hybridized carbons (Fsp3) is 0.250. The van der Waals surface area contributed by atoms with Gasteiger partial charge < -0.3 is 9.84 Å². The van der Waals surface area contributed by atoms with Crippen LogP contribution in [-0.2, 0) is 13.0 Å². The minimum absolute atomic E-state index is 0.791. The van der Waals surface area contributed by atoms with E-state index in [1.807, 2.05) is 12.1 Å². The van der Waals surface area contributed by atoms with E-state index in [0.29, 0.717) is 0 Å². The predicted molar refractivity (Wildman–Crippen MR) is 65.0 cm³/mol. The van der Waals surface area contributed by atoms with Gasteiger partial charge in [-0.15, -0.1) is 0 Å². The Labute approximate surface area is 102 Å². The van der Waals surface area contributed by atoms with Crippen LogP contribution in [0.25, 0.3) is 11.3 Å². The number of fused-ring (bicyclic) bond motifs is 1. The number of rotatable bonds is 1. The second-order valence-corrected chi connectivity index (χ2v) is 4.78. The van der Waals surface area contributed by atoms with Crippen molar-refractivity contribution in [1.29, 1.82) is 0 Å². The van der Waals surface area contributed by atoms with Gasteiger partial charge in [-0.05, 0) is 25.1 Å². The second kappa shape index (κ2) is 4.03. The third-order valence-electron chi connectivity index (χ3n) is 2.82. The Morgan fingerprint density at radius 1 is 1.25 bits per heavy atom. The molecule has 0 atom stereocenters. The summed E-state index contributed by atoms with van der Waals surface area (Å²) >= 11 is 3.43. The molecule has 0 saturated carbocycles. The van der Waals surface area contributed by atoms with Crippen molar-refractivity contribution in [2.45, 2.75) is 13.0 Å². The topological polar surface area (TPSA) is 38.1 Å².